The van der Waals surface area contributed by atoms with Gasteiger partial charge in [-0.1, -0.05) is 44.2 Å². The molecule has 0 saturated carbocycles. The van der Waals surface area contributed by atoms with Crippen molar-refractivity contribution in [2.24, 2.45) is 0 Å². The Morgan fingerprint density at radius 2 is 1.69 bits per heavy atom. The van der Waals surface area contributed by atoms with Gasteiger partial charge in [0.2, 0.25) is 0 Å². The molecule has 16 heavy (non-hydrogen) atoms. The summed E-state index contributed by atoms with van der Waals surface area (Å²) in [4.78, 5) is 4.28. The summed E-state index contributed by atoms with van der Waals surface area (Å²) in [6.07, 6.45) is 1.49. The number of benzene rings is 1. The summed E-state index contributed by atoms with van der Waals surface area (Å²) >= 11 is 0. The van der Waals surface area contributed by atoms with E-state index < -0.39 is 0 Å². The number of pyridine rings is 1. The summed E-state index contributed by atoms with van der Waals surface area (Å²) in [6, 6.07) is 13.8. The Hall–Kier alpha value is -1.83. The van der Waals surface area contributed by atoms with Gasteiger partial charge >= 0.3 is 0 Å². The maximum atomic E-state index is 9.23. The van der Waals surface area contributed by atoms with Crippen molar-refractivity contribution >= 4 is 0 Å². The normalized spacial score (nSPS) is 11.4. The van der Waals surface area contributed by atoms with Crippen LogP contribution in [0.15, 0.2) is 48.7 Å². The molecular formula is C14H15NO. The molecule has 0 saturated heterocycles. The molecule has 82 valence electrons. The third-order valence-corrected chi connectivity index (χ3v) is 2.88. The van der Waals surface area contributed by atoms with Crippen LogP contribution in [-0.4, -0.2) is 10.1 Å². The molecule has 0 aliphatic heterocycles. The number of rotatable bonds is 2. The highest BCUT2D eigenvalue weighted by molar-refractivity contribution is 5.34. The monoisotopic (exact) mass is 213 g/mol. The van der Waals surface area contributed by atoms with Crippen molar-refractivity contribution in [3.8, 4) is 5.75 Å². The van der Waals surface area contributed by atoms with Crippen molar-refractivity contribution in [1.82, 2.24) is 4.98 Å². The molecule has 0 aliphatic carbocycles. The van der Waals surface area contributed by atoms with Gasteiger partial charge in [0.25, 0.3) is 0 Å². The van der Waals surface area contributed by atoms with Crippen molar-refractivity contribution < 1.29 is 5.11 Å². The Morgan fingerprint density at radius 3 is 2.25 bits per heavy atom. The number of aromatic nitrogens is 1. The highest BCUT2D eigenvalue weighted by atomic mass is 16.3. The van der Waals surface area contributed by atoms with E-state index in [0.29, 0.717) is 0 Å². The van der Waals surface area contributed by atoms with Crippen LogP contribution in [0.25, 0.3) is 0 Å². The maximum absolute atomic E-state index is 9.23. The van der Waals surface area contributed by atoms with Crippen LogP contribution in [0.1, 0.15) is 25.1 Å². The molecule has 1 heterocycles. The van der Waals surface area contributed by atoms with Crippen molar-refractivity contribution in [1.29, 1.82) is 0 Å². The minimum absolute atomic E-state index is 0.144. The molecule has 1 N–H and O–H groups in total. The Bertz CT molecular complexity index is 460. The first-order chi connectivity index (χ1) is 7.60. The predicted molar refractivity (Wildman–Crippen MR) is 64.5 cm³/mol. The van der Waals surface area contributed by atoms with Gasteiger partial charge in [0.1, 0.15) is 5.75 Å². The Kier molecular flexibility index (Phi) is 2.65. The average molecular weight is 213 g/mol. The molecule has 0 aliphatic rings. The molecule has 2 heteroatoms. The Morgan fingerprint density at radius 1 is 1.00 bits per heavy atom. The van der Waals surface area contributed by atoms with Crippen LogP contribution in [0.4, 0.5) is 0 Å². The van der Waals surface area contributed by atoms with Crippen LogP contribution in [0.5, 0.6) is 5.75 Å². The number of hydrogen-bond donors (Lipinski definition) is 1. The smallest absolute Gasteiger partial charge is 0.133 e. The van der Waals surface area contributed by atoms with E-state index in [1.807, 2.05) is 24.3 Å². The zero-order valence-electron chi connectivity index (χ0n) is 9.51. The summed E-state index contributed by atoms with van der Waals surface area (Å²) in [5.41, 5.74) is 2.03. The largest absolute Gasteiger partial charge is 0.506 e. The molecule has 0 radical (unpaired) electrons. The van der Waals surface area contributed by atoms with E-state index in [2.05, 4.69) is 31.0 Å². The van der Waals surface area contributed by atoms with Gasteiger partial charge in [0, 0.05) is 5.41 Å². The lowest BCUT2D eigenvalue weighted by atomic mass is 9.81. The number of hydrogen-bond acceptors (Lipinski definition) is 2. The van der Waals surface area contributed by atoms with Crippen LogP contribution < -0.4 is 0 Å². The van der Waals surface area contributed by atoms with Gasteiger partial charge in [0.15, 0.2) is 0 Å². The maximum Gasteiger partial charge on any atom is 0.133 e. The highest BCUT2D eigenvalue weighted by Crippen LogP contribution is 2.30. The summed E-state index contributed by atoms with van der Waals surface area (Å²) in [7, 11) is 0. The quantitative estimate of drug-likeness (QED) is 0.831. The summed E-state index contributed by atoms with van der Waals surface area (Å²) in [5.74, 6) is 0.201. The first-order valence-corrected chi connectivity index (χ1v) is 5.32. The standard InChI is InChI=1S/C14H15NO/c1-14(2,11-6-4-3-5-7-11)13-9-8-12(16)10-15-13/h3-10,16H,1-2H3. The predicted octanol–water partition coefficient (Wildman–Crippen LogP) is 3.11. The molecule has 2 rings (SSSR count). The van der Waals surface area contributed by atoms with Crippen LogP contribution in [-0.2, 0) is 5.41 Å². The lowest BCUT2D eigenvalue weighted by Gasteiger charge is -2.24. The van der Waals surface area contributed by atoms with Gasteiger partial charge in [-0.05, 0) is 17.7 Å². The van der Waals surface area contributed by atoms with Crippen LogP contribution in [0, 0.1) is 0 Å². The van der Waals surface area contributed by atoms with E-state index >= 15 is 0 Å². The molecule has 0 bridgehead atoms. The molecule has 2 nitrogen and oxygen atoms in total. The molecule has 0 unspecified atom stereocenters. The third-order valence-electron chi connectivity index (χ3n) is 2.88. The second kappa shape index (κ2) is 3.97. The van der Waals surface area contributed by atoms with Crippen molar-refractivity contribution in [3.63, 3.8) is 0 Å². The first kappa shape index (κ1) is 10.7. The highest BCUT2D eigenvalue weighted by Gasteiger charge is 2.23. The molecule has 0 amide bonds. The molecular weight excluding hydrogens is 198 g/mol. The van der Waals surface area contributed by atoms with E-state index in [-0.39, 0.29) is 11.2 Å². The van der Waals surface area contributed by atoms with Crippen molar-refractivity contribution in [2.75, 3.05) is 0 Å². The summed E-state index contributed by atoms with van der Waals surface area (Å²) in [6.45, 7) is 4.25. The Balaban J connectivity index is 2.43. The molecule has 0 spiro atoms. The van der Waals surface area contributed by atoms with Crippen LogP contribution >= 0.6 is 0 Å². The van der Waals surface area contributed by atoms with E-state index in [1.165, 1.54) is 11.8 Å². The van der Waals surface area contributed by atoms with Crippen molar-refractivity contribution in [2.45, 2.75) is 19.3 Å². The van der Waals surface area contributed by atoms with E-state index in [0.717, 1.165) is 5.69 Å². The zero-order chi connectivity index (χ0) is 11.6. The molecule has 1 aromatic carbocycles. The van der Waals surface area contributed by atoms with Gasteiger partial charge < -0.3 is 5.11 Å². The Labute approximate surface area is 95.6 Å². The number of nitrogens with zero attached hydrogens (tertiary/aromatic N) is 1. The van der Waals surface area contributed by atoms with E-state index in [4.69, 9.17) is 0 Å². The SMILES string of the molecule is CC(C)(c1ccccc1)c1ccc(O)cn1. The minimum Gasteiger partial charge on any atom is -0.506 e. The fourth-order valence-electron chi connectivity index (χ4n) is 1.76. The molecule has 2 aromatic rings. The fourth-order valence-corrected chi connectivity index (χ4v) is 1.76. The molecule has 0 atom stereocenters. The van der Waals surface area contributed by atoms with Gasteiger partial charge in [0.05, 0.1) is 11.9 Å². The average Bonchev–Trinajstić information content (AvgIpc) is 2.31. The second-order valence-corrected chi connectivity index (χ2v) is 4.39. The minimum atomic E-state index is -0.144. The molecule has 0 fully saturated rings. The van der Waals surface area contributed by atoms with Gasteiger partial charge in [-0.15, -0.1) is 0 Å². The van der Waals surface area contributed by atoms with Gasteiger partial charge in [-0.2, -0.15) is 0 Å². The summed E-state index contributed by atoms with van der Waals surface area (Å²) in [5, 5.41) is 9.23. The lowest BCUT2D eigenvalue weighted by molar-refractivity contribution is 0.470. The van der Waals surface area contributed by atoms with E-state index in [9.17, 15) is 5.11 Å². The number of aromatic hydroxyl groups is 1. The van der Waals surface area contributed by atoms with Gasteiger partial charge in [-0.3, -0.25) is 4.98 Å². The van der Waals surface area contributed by atoms with Crippen LogP contribution in [0.3, 0.4) is 0 Å². The third kappa shape index (κ3) is 1.91. The van der Waals surface area contributed by atoms with Crippen molar-refractivity contribution in [3.05, 3.63) is 59.9 Å². The zero-order valence-corrected chi connectivity index (χ0v) is 9.51. The topological polar surface area (TPSA) is 33.1 Å². The first-order valence-electron chi connectivity index (χ1n) is 5.32. The van der Waals surface area contributed by atoms with Gasteiger partial charge in [-0.25, -0.2) is 0 Å². The summed E-state index contributed by atoms with van der Waals surface area (Å²) < 4.78 is 0. The van der Waals surface area contributed by atoms with Crippen LogP contribution in [0.2, 0.25) is 0 Å². The van der Waals surface area contributed by atoms with E-state index in [1.54, 1.807) is 6.07 Å². The fraction of sp³-hybridized carbons (Fsp3) is 0.214. The lowest BCUT2D eigenvalue weighted by Crippen LogP contribution is -2.20. The molecule has 1 aromatic heterocycles. The second-order valence-electron chi connectivity index (χ2n) is 4.39.